The summed E-state index contributed by atoms with van der Waals surface area (Å²) in [5.41, 5.74) is 2.87. The number of anilines is 1. The number of carbonyl (C=O) groups excluding carboxylic acids is 2. The topological polar surface area (TPSA) is 74.4 Å². The highest BCUT2D eigenvalue weighted by atomic mass is 16.5. The minimum atomic E-state index is -0.482. The maximum Gasteiger partial charge on any atom is 0.251 e. The predicted molar refractivity (Wildman–Crippen MR) is 104 cm³/mol. The molecule has 1 unspecified atom stereocenters. The van der Waals surface area contributed by atoms with Crippen molar-refractivity contribution in [3.8, 4) is 5.75 Å². The number of nitrogens with zero attached hydrogens (tertiary/aromatic N) is 1. The van der Waals surface area contributed by atoms with Crippen LogP contribution in [-0.2, 0) is 16.0 Å². The number of benzene rings is 2. The summed E-state index contributed by atoms with van der Waals surface area (Å²) in [5.74, 6) is 0.296. The molecule has 138 valence electrons. The summed E-state index contributed by atoms with van der Waals surface area (Å²) >= 11 is 0. The Hall–Kier alpha value is -3.12. The van der Waals surface area contributed by atoms with Crippen molar-refractivity contribution in [2.45, 2.75) is 18.9 Å². The first kappa shape index (κ1) is 17.3. The lowest BCUT2D eigenvalue weighted by molar-refractivity contribution is -0.121. The van der Waals surface area contributed by atoms with Gasteiger partial charge in [-0.3, -0.25) is 9.59 Å². The first-order valence-corrected chi connectivity index (χ1v) is 8.96. The van der Waals surface area contributed by atoms with Gasteiger partial charge in [-0.05, 0) is 42.3 Å². The molecule has 0 saturated carbocycles. The van der Waals surface area contributed by atoms with Gasteiger partial charge in [-0.15, -0.1) is 0 Å². The van der Waals surface area contributed by atoms with Crippen molar-refractivity contribution in [1.29, 1.82) is 0 Å². The van der Waals surface area contributed by atoms with Gasteiger partial charge in [0.25, 0.3) is 5.91 Å². The number of rotatable bonds is 6. The van der Waals surface area contributed by atoms with E-state index in [1.165, 1.54) is 15.8 Å². The standard InChI is InChI=1S/C21H21N3O3/c1-27-16-8-6-15(7-9-16)24-20(25)12-19(21(24)26)22-11-10-14-13-23-18-5-3-2-4-17(14)18/h2-9,13,19,22-23H,10-12H2,1H3. The van der Waals surface area contributed by atoms with Crippen molar-refractivity contribution in [1.82, 2.24) is 10.3 Å². The van der Waals surface area contributed by atoms with Crippen LogP contribution in [0.25, 0.3) is 10.9 Å². The lowest BCUT2D eigenvalue weighted by Gasteiger charge is -2.16. The molecule has 0 radical (unpaired) electrons. The summed E-state index contributed by atoms with van der Waals surface area (Å²) in [6.45, 7) is 0.627. The van der Waals surface area contributed by atoms with E-state index in [-0.39, 0.29) is 18.2 Å². The van der Waals surface area contributed by atoms with Crippen molar-refractivity contribution in [3.05, 3.63) is 60.3 Å². The lowest BCUT2D eigenvalue weighted by Crippen LogP contribution is -2.39. The van der Waals surface area contributed by atoms with E-state index in [1.807, 2.05) is 24.4 Å². The molecule has 2 amide bonds. The molecule has 0 aliphatic carbocycles. The molecule has 4 rings (SSSR count). The van der Waals surface area contributed by atoms with Crippen molar-refractivity contribution < 1.29 is 14.3 Å². The Balaban J connectivity index is 1.40. The third-order valence-electron chi connectivity index (χ3n) is 4.94. The van der Waals surface area contributed by atoms with Crippen molar-refractivity contribution >= 4 is 28.4 Å². The van der Waals surface area contributed by atoms with Crippen LogP contribution in [0.1, 0.15) is 12.0 Å². The zero-order valence-electron chi connectivity index (χ0n) is 15.1. The van der Waals surface area contributed by atoms with Crippen LogP contribution in [0.3, 0.4) is 0 Å². The Morgan fingerprint density at radius 1 is 1.15 bits per heavy atom. The number of methoxy groups -OCH3 is 1. The number of ether oxygens (including phenoxy) is 1. The molecule has 1 saturated heterocycles. The van der Waals surface area contributed by atoms with Crippen LogP contribution in [0.4, 0.5) is 5.69 Å². The fourth-order valence-corrected chi connectivity index (χ4v) is 3.51. The van der Waals surface area contributed by atoms with Crippen LogP contribution >= 0.6 is 0 Å². The molecule has 6 heteroatoms. The number of amides is 2. The van der Waals surface area contributed by atoms with E-state index in [1.54, 1.807) is 31.4 Å². The molecule has 3 aromatic rings. The molecule has 1 fully saturated rings. The van der Waals surface area contributed by atoms with E-state index in [2.05, 4.69) is 16.4 Å². The van der Waals surface area contributed by atoms with Gasteiger partial charge in [-0.1, -0.05) is 18.2 Å². The quantitative estimate of drug-likeness (QED) is 0.660. The minimum absolute atomic E-state index is 0.179. The first-order valence-electron chi connectivity index (χ1n) is 8.96. The fourth-order valence-electron chi connectivity index (χ4n) is 3.51. The SMILES string of the molecule is COc1ccc(N2C(=O)CC(NCCc3c[nH]c4ccccc34)C2=O)cc1. The number of hydrogen-bond acceptors (Lipinski definition) is 4. The molecule has 1 atom stereocenters. The zero-order chi connectivity index (χ0) is 18.8. The van der Waals surface area contributed by atoms with E-state index in [0.29, 0.717) is 18.0 Å². The number of fused-ring (bicyclic) bond motifs is 1. The van der Waals surface area contributed by atoms with Crippen LogP contribution in [0.5, 0.6) is 5.75 Å². The molecule has 2 N–H and O–H groups in total. The van der Waals surface area contributed by atoms with Crippen LogP contribution in [0, 0.1) is 0 Å². The number of imide groups is 1. The Morgan fingerprint density at radius 2 is 1.93 bits per heavy atom. The molecular formula is C21H21N3O3. The molecule has 27 heavy (non-hydrogen) atoms. The molecule has 6 nitrogen and oxygen atoms in total. The third-order valence-corrected chi connectivity index (χ3v) is 4.94. The summed E-state index contributed by atoms with van der Waals surface area (Å²) in [7, 11) is 1.58. The highest BCUT2D eigenvalue weighted by Gasteiger charge is 2.39. The molecule has 1 aromatic heterocycles. The second kappa shape index (κ2) is 7.25. The highest BCUT2D eigenvalue weighted by molar-refractivity contribution is 6.22. The Bertz CT molecular complexity index is 978. The number of aromatic nitrogens is 1. The van der Waals surface area contributed by atoms with Gasteiger partial charge in [0.2, 0.25) is 5.91 Å². The van der Waals surface area contributed by atoms with Crippen LogP contribution in [-0.4, -0.2) is 36.5 Å². The minimum Gasteiger partial charge on any atom is -0.497 e. The average Bonchev–Trinajstić information content (AvgIpc) is 3.23. The molecular weight excluding hydrogens is 342 g/mol. The first-order chi connectivity index (χ1) is 13.2. The van der Waals surface area contributed by atoms with Gasteiger partial charge < -0.3 is 15.0 Å². The number of hydrogen-bond donors (Lipinski definition) is 2. The van der Waals surface area contributed by atoms with E-state index in [9.17, 15) is 9.59 Å². The van der Waals surface area contributed by atoms with Gasteiger partial charge in [0.05, 0.1) is 25.3 Å². The summed E-state index contributed by atoms with van der Waals surface area (Å²) < 4.78 is 5.12. The van der Waals surface area contributed by atoms with Gasteiger partial charge in [0.1, 0.15) is 5.75 Å². The second-order valence-electron chi connectivity index (χ2n) is 6.59. The lowest BCUT2D eigenvalue weighted by atomic mass is 10.1. The number of H-pyrrole nitrogens is 1. The molecule has 1 aliphatic rings. The maximum atomic E-state index is 12.7. The number of para-hydroxylation sites is 1. The largest absolute Gasteiger partial charge is 0.497 e. The Labute approximate surface area is 157 Å². The summed E-state index contributed by atoms with van der Waals surface area (Å²) in [6, 6.07) is 14.6. The van der Waals surface area contributed by atoms with E-state index in [0.717, 1.165) is 11.9 Å². The van der Waals surface area contributed by atoms with Gasteiger partial charge in [0, 0.05) is 23.6 Å². The molecule has 2 aromatic carbocycles. The summed E-state index contributed by atoms with van der Waals surface area (Å²) in [5, 5.41) is 4.42. The van der Waals surface area contributed by atoms with Crippen LogP contribution in [0.15, 0.2) is 54.7 Å². The van der Waals surface area contributed by atoms with Crippen molar-refractivity contribution in [3.63, 3.8) is 0 Å². The van der Waals surface area contributed by atoms with Crippen LogP contribution < -0.4 is 15.0 Å². The van der Waals surface area contributed by atoms with Gasteiger partial charge in [0.15, 0.2) is 0 Å². The fraction of sp³-hybridized carbons (Fsp3) is 0.238. The van der Waals surface area contributed by atoms with E-state index < -0.39 is 6.04 Å². The van der Waals surface area contributed by atoms with Gasteiger partial charge in [-0.25, -0.2) is 4.90 Å². The molecule has 2 heterocycles. The van der Waals surface area contributed by atoms with Crippen molar-refractivity contribution in [2.75, 3.05) is 18.6 Å². The molecule has 1 aliphatic heterocycles. The zero-order valence-corrected chi connectivity index (χ0v) is 15.1. The number of nitrogens with one attached hydrogen (secondary N) is 2. The van der Waals surface area contributed by atoms with Gasteiger partial charge >= 0.3 is 0 Å². The second-order valence-corrected chi connectivity index (χ2v) is 6.59. The number of aromatic amines is 1. The Kier molecular flexibility index (Phi) is 4.64. The van der Waals surface area contributed by atoms with Crippen molar-refractivity contribution in [2.24, 2.45) is 0 Å². The molecule has 0 spiro atoms. The van der Waals surface area contributed by atoms with E-state index >= 15 is 0 Å². The smallest absolute Gasteiger partial charge is 0.251 e. The average molecular weight is 363 g/mol. The molecule has 0 bridgehead atoms. The van der Waals surface area contributed by atoms with Gasteiger partial charge in [-0.2, -0.15) is 0 Å². The predicted octanol–water partition coefficient (Wildman–Crippen LogP) is 2.64. The van der Waals surface area contributed by atoms with Crippen LogP contribution in [0.2, 0.25) is 0 Å². The summed E-state index contributed by atoms with van der Waals surface area (Å²) in [6.07, 6.45) is 2.96. The highest BCUT2D eigenvalue weighted by Crippen LogP contribution is 2.25. The Morgan fingerprint density at radius 3 is 2.70 bits per heavy atom. The number of carbonyl (C=O) groups is 2. The summed E-state index contributed by atoms with van der Waals surface area (Å²) in [4.78, 5) is 29.5. The van der Waals surface area contributed by atoms with E-state index in [4.69, 9.17) is 4.74 Å². The normalized spacial score (nSPS) is 17.1. The maximum absolute atomic E-state index is 12.7. The monoisotopic (exact) mass is 363 g/mol. The third kappa shape index (κ3) is 3.31.